The van der Waals surface area contributed by atoms with Crippen LogP contribution in [0, 0.1) is 13.8 Å². The quantitative estimate of drug-likeness (QED) is 0.808. The minimum Gasteiger partial charge on any atom is -0.497 e. The Balaban J connectivity index is 1.47. The predicted molar refractivity (Wildman–Crippen MR) is 101 cm³/mol. The van der Waals surface area contributed by atoms with Gasteiger partial charge in [0.05, 0.1) is 17.8 Å². The topological polar surface area (TPSA) is 42.4 Å². The van der Waals surface area contributed by atoms with Gasteiger partial charge in [-0.15, -0.1) is 11.3 Å². The Morgan fingerprint density at radius 1 is 1.24 bits per heavy atom. The summed E-state index contributed by atoms with van der Waals surface area (Å²) in [5, 5.41) is 1.25. The average molecular weight is 359 g/mol. The summed E-state index contributed by atoms with van der Waals surface area (Å²) in [7, 11) is 1.66. The highest BCUT2D eigenvalue weighted by Gasteiger charge is 2.25. The molecule has 2 aromatic rings. The third-order valence-corrected chi connectivity index (χ3v) is 6.26. The summed E-state index contributed by atoms with van der Waals surface area (Å²) in [5.41, 5.74) is 2.33. The SMILES string of the molecule is COc1ccc(CCC(=O)N2CCC(c3nc(C)c(C)s3)CC2)cc1. The molecule has 3 rings (SSSR count). The van der Waals surface area contributed by atoms with Crippen LogP contribution in [-0.4, -0.2) is 36.0 Å². The summed E-state index contributed by atoms with van der Waals surface area (Å²) in [6.07, 6.45) is 3.42. The third-order valence-electron chi connectivity index (χ3n) is 5.03. The van der Waals surface area contributed by atoms with Gasteiger partial charge in [0, 0.05) is 30.3 Å². The number of nitrogens with zero attached hydrogens (tertiary/aromatic N) is 2. The first-order valence-corrected chi connectivity index (χ1v) is 9.73. The molecule has 0 bridgehead atoms. The predicted octanol–water partition coefficient (Wildman–Crippen LogP) is 4.11. The van der Waals surface area contributed by atoms with Gasteiger partial charge < -0.3 is 9.64 Å². The molecular weight excluding hydrogens is 332 g/mol. The number of benzene rings is 1. The largest absolute Gasteiger partial charge is 0.497 e. The Labute approximate surface area is 153 Å². The summed E-state index contributed by atoms with van der Waals surface area (Å²) in [6.45, 7) is 5.91. The molecule has 1 aromatic carbocycles. The summed E-state index contributed by atoms with van der Waals surface area (Å²) < 4.78 is 5.17. The van der Waals surface area contributed by atoms with E-state index in [-0.39, 0.29) is 5.91 Å². The van der Waals surface area contributed by atoms with Crippen molar-refractivity contribution in [1.82, 2.24) is 9.88 Å². The first-order valence-electron chi connectivity index (χ1n) is 8.91. The molecule has 4 nitrogen and oxygen atoms in total. The number of likely N-dealkylation sites (tertiary alicyclic amines) is 1. The third kappa shape index (κ3) is 4.40. The van der Waals surface area contributed by atoms with E-state index in [4.69, 9.17) is 9.72 Å². The summed E-state index contributed by atoms with van der Waals surface area (Å²) in [6, 6.07) is 7.96. The van der Waals surface area contributed by atoms with Gasteiger partial charge in [0.1, 0.15) is 5.75 Å². The van der Waals surface area contributed by atoms with E-state index in [1.807, 2.05) is 40.5 Å². The lowest BCUT2D eigenvalue weighted by Gasteiger charge is -2.31. The molecule has 0 atom stereocenters. The summed E-state index contributed by atoms with van der Waals surface area (Å²) >= 11 is 1.82. The van der Waals surface area contributed by atoms with E-state index < -0.39 is 0 Å². The van der Waals surface area contributed by atoms with Gasteiger partial charge in [-0.1, -0.05) is 12.1 Å². The Morgan fingerprint density at radius 2 is 1.92 bits per heavy atom. The monoisotopic (exact) mass is 358 g/mol. The van der Waals surface area contributed by atoms with Crippen molar-refractivity contribution in [3.05, 3.63) is 45.4 Å². The van der Waals surface area contributed by atoms with Crippen LogP contribution in [0.25, 0.3) is 0 Å². The second-order valence-corrected chi connectivity index (χ2v) is 7.93. The van der Waals surface area contributed by atoms with E-state index in [2.05, 4.69) is 13.8 Å². The fourth-order valence-corrected chi connectivity index (χ4v) is 4.34. The number of hydrogen-bond acceptors (Lipinski definition) is 4. The number of carbonyl (C=O) groups excluding carboxylic acids is 1. The van der Waals surface area contributed by atoms with Gasteiger partial charge in [-0.2, -0.15) is 0 Å². The molecule has 5 heteroatoms. The number of ether oxygens (including phenoxy) is 1. The first-order chi connectivity index (χ1) is 12.1. The maximum atomic E-state index is 12.5. The minimum atomic E-state index is 0.265. The van der Waals surface area contributed by atoms with E-state index in [0.29, 0.717) is 12.3 Å². The van der Waals surface area contributed by atoms with Gasteiger partial charge in [0.2, 0.25) is 5.91 Å². The van der Waals surface area contributed by atoms with Gasteiger partial charge in [0.15, 0.2) is 0 Å². The zero-order chi connectivity index (χ0) is 17.8. The van der Waals surface area contributed by atoms with Crippen molar-refractivity contribution in [2.45, 2.75) is 45.4 Å². The number of methoxy groups -OCH3 is 1. The molecule has 0 saturated carbocycles. The summed E-state index contributed by atoms with van der Waals surface area (Å²) in [4.78, 5) is 20.5. The van der Waals surface area contributed by atoms with Crippen LogP contribution in [0.4, 0.5) is 0 Å². The zero-order valence-corrected chi connectivity index (χ0v) is 16.1. The van der Waals surface area contributed by atoms with Crippen molar-refractivity contribution in [1.29, 1.82) is 0 Å². The van der Waals surface area contributed by atoms with E-state index in [1.54, 1.807) is 7.11 Å². The van der Waals surface area contributed by atoms with Crippen LogP contribution < -0.4 is 4.74 Å². The average Bonchev–Trinajstić information content (AvgIpc) is 2.99. The molecule has 0 spiro atoms. The van der Waals surface area contributed by atoms with Gasteiger partial charge in [-0.05, 0) is 50.8 Å². The molecule has 0 N–H and O–H groups in total. The molecule has 0 radical (unpaired) electrons. The zero-order valence-electron chi connectivity index (χ0n) is 15.2. The molecular formula is C20H26N2O2S. The van der Waals surface area contributed by atoms with Gasteiger partial charge >= 0.3 is 0 Å². The lowest BCUT2D eigenvalue weighted by molar-refractivity contribution is -0.132. The highest BCUT2D eigenvalue weighted by Crippen LogP contribution is 2.32. The molecule has 1 fully saturated rings. The number of hydrogen-bond donors (Lipinski definition) is 0. The Hall–Kier alpha value is -1.88. The fraction of sp³-hybridized carbons (Fsp3) is 0.500. The number of rotatable bonds is 5. The van der Waals surface area contributed by atoms with Crippen molar-refractivity contribution < 1.29 is 9.53 Å². The maximum Gasteiger partial charge on any atom is 0.222 e. The molecule has 0 aliphatic carbocycles. The number of aryl methyl sites for hydroxylation is 3. The van der Waals surface area contributed by atoms with Crippen LogP contribution in [0.3, 0.4) is 0 Å². The van der Waals surface area contributed by atoms with Crippen LogP contribution in [0.15, 0.2) is 24.3 Å². The Bertz CT molecular complexity index is 696. The van der Waals surface area contributed by atoms with Crippen LogP contribution in [-0.2, 0) is 11.2 Å². The molecule has 1 amide bonds. The highest BCUT2D eigenvalue weighted by atomic mass is 32.1. The van der Waals surface area contributed by atoms with Crippen molar-refractivity contribution in [3.63, 3.8) is 0 Å². The summed E-state index contributed by atoms with van der Waals surface area (Å²) in [5.74, 6) is 1.63. The van der Waals surface area contributed by atoms with Crippen molar-refractivity contribution >= 4 is 17.2 Å². The van der Waals surface area contributed by atoms with Crippen LogP contribution in [0.5, 0.6) is 5.75 Å². The molecule has 25 heavy (non-hydrogen) atoms. The fourth-order valence-electron chi connectivity index (χ4n) is 3.25. The van der Waals surface area contributed by atoms with E-state index >= 15 is 0 Å². The standard InChI is InChI=1S/C20H26N2O2S/c1-14-15(2)25-20(21-14)17-10-12-22(13-11-17)19(23)9-6-16-4-7-18(24-3)8-5-16/h4-5,7-8,17H,6,9-13H2,1-3H3. The number of thiazole rings is 1. The van der Waals surface area contributed by atoms with Gasteiger partial charge in [-0.25, -0.2) is 4.98 Å². The van der Waals surface area contributed by atoms with Crippen molar-refractivity contribution in [3.8, 4) is 5.75 Å². The number of piperidine rings is 1. The first kappa shape index (κ1) is 17.9. The number of carbonyl (C=O) groups is 1. The van der Waals surface area contributed by atoms with E-state index in [9.17, 15) is 4.79 Å². The van der Waals surface area contributed by atoms with Crippen molar-refractivity contribution in [2.75, 3.05) is 20.2 Å². The molecule has 1 aromatic heterocycles. The number of aromatic nitrogens is 1. The van der Waals surface area contributed by atoms with E-state index in [0.717, 1.165) is 43.8 Å². The second kappa shape index (κ2) is 8.00. The minimum absolute atomic E-state index is 0.265. The Kier molecular flexibility index (Phi) is 5.74. The molecule has 1 saturated heterocycles. The lowest BCUT2D eigenvalue weighted by atomic mass is 9.97. The van der Waals surface area contributed by atoms with Gasteiger partial charge in [-0.3, -0.25) is 4.79 Å². The van der Waals surface area contributed by atoms with Crippen LogP contribution in [0.1, 0.15) is 46.3 Å². The Morgan fingerprint density at radius 3 is 2.48 bits per heavy atom. The molecule has 134 valence electrons. The smallest absolute Gasteiger partial charge is 0.222 e. The van der Waals surface area contributed by atoms with Crippen molar-refractivity contribution in [2.24, 2.45) is 0 Å². The molecule has 1 aliphatic rings. The second-order valence-electron chi connectivity index (χ2n) is 6.70. The lowest BCUT2D eigenvalue weighted by Crippen LogP contribution is -2.38. The molecule has 0 unspecified atom stereocenters. The maximum absolute atomic E-state index is 12.5. The van der Waals surface area contributed by atoms with Gasteiger partial charge in [0.25, 0.3) is 0 Å². The number of amides is 1. The molecule has 2 heterocycles. The highest BCUT2D eigenvalue weighted by molar-refractivity contribution is 7.11. The van der Waals surface area contributed by atoms with Crippen LogP contribution >= 0.6 is 11.3 Å². The van der Waals surface area contributed by atoms with Crippen LogP contribution in [0.2, 0.25) is 0 Å². The molecule has 1 aliphatic heterocycles. The normalized spacial score (nSPS) is 15.4. The van der Waals surface area contributed by atoms with E-state index in [1.165, 1.54) is 15.4 Å².